The Morgan fingerprint density at radius 2 is 1.22 bits per heavy atom. The normalized spacial score (nSPS) is 11.3. The molecule has 0 aliphatic heterocycles. The summed E-state index contributed by atoms with van der Waals surface area (Å²) in [5, 5.41) is 14.7. The van der Waals surface area contributed by atoms with E-state index in [-0.39, 0.29) is 22.7 Å². The fraction of sp³-hybridized carbons (Fsp3) is 0.0909. The predicted molar refractivity (Wildman–Crippen MR) is 82.5 cm³/mol. The number of nitrogens with two attached hydrogens (primary N) is 2. The van der Waals surface area contributed by atoms with Crippen molar-refractivity contribution in [2.75, 3.05) is 0 Å². The quantitative estimate of drug-likeness (QED) is 0.350. The molecule has 0 saturated heterocycles. The van der Waals surface area contributed by atoms with Gasteiger partial charge >= 0.3 is 11.4 Å². The summed E-state index contributed by atoms with van der Waals surface area (Å²) < 4.78 is 3.44. The minimum atomic E-state index is -0.873. The van der Waals surface area contributed by atoms with Crippen molar-refractivity contribution >= 4 is 23.1 Å². The number of carbonyl (C=O) groups excluding carboxylic acids is 2. The first kappa shape index (κ1) is 16.0. The van der Waals surface area contributed by atoms with Crippen molar-refractivity contribution in [3.05, 3.63) is 45.0 Å². The van der Waals surface area contributed by atoms with Crippen LogP contribution in [0, 0.1) is 0 Å². The average molecular weight is 372 g/mol. The van der Waals surface area contributed by atoms with E-state index < -0.39 is 29.9 Å². The van der Waals surface area contributed by atoms with Gasteiger partial charge in [-0.05, 0) is 0 Å². The van der Waals surface area contributed by atoms with E-state index in [0.29, 0.717) is 0 Å². The van der Waals surface area contributed by atoms with Gasteiger partial charge in [0.25, 0.3) is 11.8 Å². The molecule has 16 heteroatoms. The Labute approximate surface area is 145 Å². The molecule has 0 fully saturated rings. The highest BCUT2D eigenvalue weighted by Gasteiger charge is 2.18. The molecule has 0 unspecified atom stereocenters. The van der Waals surface area contributed by atoms with Gasteiger partial charge in [0.05, 0.1) is 0 Å². The molecule has 4 rings (SSSR count). The maximum Gasteiger partial charge on any atom is 0.354 e. The summed E-state index contributed by atoms with van der Waals surface area (Å²) >= 11 is 0. The van der Waals surface area contributed by atoms with Crippen LogP contribution in [0.1, 0.15) is 21.0 Å². The first-order chi connectivity index (χ1) is 12.9. The highest BCUT2D eigenvalue weighted by molar-refractivity contribution is 5.97. The lowest BCUT2D eigenvalue weighted by molar-refractivity contribution is 0.0989. The van der Waals surface area contributed by atoms with Crippen LogP contribution in [-0.4, -0.2) is 60.6 Å². The summed E-state index contributed by atoms with van der Waals surface area (Å²) in [7, 11) is 0. The Bertz CT molecular complexity index is 1250. The summed E-state index contributed by atoms with van der Waals surface area (Å²) in [6, 6.07) is 0. The molecule has 0 radical (unpaired) electrons. The number of carbonyl (C=O) groups is 2. The zero-order valence-corrected chi connectivity index (χ0v) is 13.1. The first-order valence-electron chi connectivity index (χ1n) is 7.10. The molecule has 136 valence electrons. The van der Waals surface area contributed by atoms with E-state index in [1.54, 1.807) is 0 Å². The van der Waals surface area contributed by atoms with Crippen molar-refractivity contribution in [1.82, 2.24) is 48.8 Å². The fourth-order valence-corrected chi connectivity index (χ4v) is 2.33. The van der Waals surface area contributed by atoms with Crippen molar-refractivity contribution in [3.63, 3.8) is 0 Å². The number of rotatable bonds is 4. The van der Waals surface area contributed by atoms with Gasteiger partial charge in [0.1, 0.15) is 19.3 Å². The number of fused-ring (bicyclic) bond motifs is 2. The molecule has 0 aromatic carbocycles. The monoisotopic (exact) mass is 372 g/mol. The minimum Gasteiger partial charge on any atom is -0.364 e. The van der Waals surface area contributed by atoms with Crippen LogP contribution in [0.5, 0.6) is 0 Å². The Morgan fingerprint density at radius 3 is 1.59 bits per heavy atom. The standard InChI is InChI=1S/C11H8N12O4/c12-6(24)4-8-16-18-22(10(26)20(8)1-14-4)3-23-11(27)21-2-15-5(7(13)25)9(21)17-19-23/h1-2H,3H2,(H2,12,24)(H2,13,25). The summed E-state index contributed by atoms with van der Waals surface area (Å²) in [5.41, 5.74) is 8.07. The Hall–Kier alpha value is -4.50. The summed E-state index contributed by atoms with van der Waals surface area (Å²) in [4.78, 5) is 54.7. The maximum atomic E-state index is 12.4. The molecule has 4 aromatic rings. The molecule has 27 heavy (non-hydrogen) atoms. The highest BCUT2D eigenvalue weighted by atomic mass is 16.2. The predicted octanol–water partition coefficient (Wildman–Crippen LogP) is -4.41. The number of hydrogen-bond acceptors (Lipinski definition) is 10. The van der Waals surface area contributed by atoms with Gasteiger partial charge in [-0.3, -0.25) is 9.59 Å². The summed E-state index contributed by atoms with van der Waals surface area (Å²) in [6.07, 6.45) is 2.10. The van der Waals surface area contributed by atoms with Crippen molar-refractivity contribution < 1.29 is 9.59 Å². The summed E-state index contributed by atoms with van der Waals surface area (Å²) in [5.74, 6) is -1.75. The lowest BCUT2D eigenvalue weighted by Gasteiger charge is -2.05. The molecular formula is C11H8N12O4. The van der Waals surface area contributed by atoms with Crippen LogP contribution in [0.3, 0.4) is 0 Å². The van der Waals surface area contributed by atoms with Gasteiger partial charge in [-0.25, -0.2) is 28.4 Å². The first-order valence-corrected chi connectivity index (χ1v) is 7.10. The molecule has 16 nitrogen and oxygen atoms in total. The second-order valence-electron chi connectivity index (χ2n) is 5.19. The van der Waals surface area contributed by atoms with Crippen molar-refractivity contribution in [1.29, 1.82) is 0 Å². The third kappa shape index (κ3) is 2.31. The van der Waals surface area contributed by atoms with E-state index in [9.17, 15) is 19.2 Å². The molecule has 0 aliphatic rings. The van der Waals surface area contributed by atoms with Crippen molar-refractivity contribution in [3.8, 4) is 0 Å². The van der Waals surface area contributed by atoms with Gasteiger partial charge in [-0.15, -0.1) is 10.2 Å². The van der Waals surface area contributed by atoms with Gasteiger partial charge in [0.2, 0.25) is 0 Å². The van der Waals surface area contributed by atoms with Crippen LogP contribution in [0.2, 0.25) is 0 Å². The number of amides is 2. The van der Waals surface area contributed by atoms with Crippen LogP contribution in [0.25, 0.3) is 11.3 Å². The maximum absolute atomic E-state index is 12.4. The van der Waals surface area contributed by atoms with Gasteiger partial charge in [0, 0.05) is 0 Å². The lowest BCUT2D eigenvalue weighted by atomic mass is 10.4. The van der Waals surface area contributed by atoms with Crippen LogP contribution >= 0.6 is 0 Å². The molecule has 0 atom stereocenters. The van der Waals surface area contributed by atoms with E-state index in [4.69, 9.17) is 11.5 Å². The lowest BCUT2D eigenvalue weighted by Crippen LogP contribution is -2.38. The van der Waals surface area contributed by atoms with Crippen molar-refractivity contribution in [2.24, 2.45) is 11.5 Å². The van der Waals surface area contributed by atoms with E-state index in [1.165, 1.54) is 0 Å². The zero-order chi connectivity index (χ0) is 19.3. The molecule has 4 N–H and O–H groups in total. The Kier molecular flexibility index (Phi) is 3.26. The van der Waals surface area contributed by atoms with E-state index in [1.807, 2.05) is 0 Å². The molecule has 0 bridgehead atoms. The van der Waals surface area contributed by atoms with Crippen LogP contribution < -0.4 is 22.8 Å². The molecule has 0 aliphatic carbocycles. The number of aromatic nitrogens is 10. The fourth-order valence-electron chi connectivity index (χ4n) is 2.33. The highest BCUT2D eigenvalue weighted by Crippen LogP contribution is 2.02. The SMILES string of the molecule is NC(=O)c1ncn2c(=O)n(Cn3nnc4c(C(N)=O)ncn4c3=O)nnc12. The number of primary amides is 2. The summed E-state index contributed by atoms with van der Waals surface area (Å²) in [6.45, 7) is -0.461. The molecule has 0 saturated carbocycles. The van der Waals surface area contributed by atoms with Crippen molar-refractivity contribution in [2.45, 2.75) is 6.67 Å². The largest absolute Gasteiger partial charge is 0.364 e. The molecular weight excluding hydrogens is 364 g/mol. The third-order valence-corrected chi connectivity index (χ3v) is 3.57. The van der Waals surface area contributed by atoms with Crippen LogP contribution in [0.15, 0.2) is 22.2 Å². The zero-order valence-electron chi connectivity index (χ0n) is 13.1. The van der Waals surface area contributed by atoms with Gasteiger partial charge < -0.3 is 11.5 Å². The second kappa shape index (κ2) is 5.51. The second-order valence-corrected chi connectivity index (χ2v) is 5.19. The van der Waals surface area contributed by atoms with Crippen LogP contribution in [-0.2, 0) is 6.67 Å². The Morgan fingerprint density at radius 1 is 0.815 bits per heavy atom. The van der Waals surface area contributed by atoms with Gasteiger partial charge in [-0.2, -0.15) is 9.36 Å². The van der Waals surface area contributed by atoms with Crippen LogP contribution in [0.4, 0.5) is 0 Å². The van der Waals surface area contributed by atoms with Gasteiger partial charge in [-0.1, -0.05) is 10.4 Å². The van der Waals surface area contributed by atoms with Gasteiger partial charge in [0.15, 0.2) is 22.7 Å². The molecule has 2 amide bonds. The molecule has 4 aromatic heterocycles. The Balaban J connectivity index is 1.81. The molecule has 4 heterocycles. The van der Waals surface area contributed by atoms with E-state index in [0.717, 1.165) is 30.8 Å². The number of hydrogen-bond donors (Lipinski definition) is 2. The average Bonchev–Trinajstić information content (AvgIpc) is 3.24. The number of nitrogens with zero attached hydrogens (tertiary/aromatic N) is 10. The topological polar surface area (TPSA) is 216 Å². The minimum absolute atomic E-state index is 0.127. The smallest absolute Gasteiger partial charge is 0.354 e. The van der Waals surface area contributed by atoms with E-state index >= 15 is 0 Å². The number of imidazole rings is 2. The van der Waals surface area contributed by atoms with E-state index in [2.05, 4.69) is 30.6 Å². The molecule has 0 spiro atoms. The third-order valence-electron chi connectivity index (χ3n) is 3.57.